The summed E-state index contributed by atoms with van der Waals surface area (Å²) in [6.45, 7) is 7.39. The Labute approximate surface area is 119 Å². The Hall–Kier alpha value is -1.46. The van der Waals surface area contributed by atoms with Gasteiger partial charge in [-0.25, -0.2) is 0 Å². The molecule has 1 unspecified atom stereocenters. The minimum atomic E-state index is -0.360. The minimum Gasteiger partial charge on any atom is -0.493 e. The highest BCUT2D eigenvalue weighted by Gasteiger charge is 2.18. The van der Waals surface area contributed by atoms with Crippen LogP contribution in [0.25, 0.3) is 0 Å². The fraction of sp³-hybridized carbons (Fsp3) is 0.600. The molecule has 2 N–H and O–H groups in total. The van der Waals surface area contributed by atoms with Crippen LogP contribution in [0.4, 0.5) is 0 Å². The van der Waals surface area contributed by atoms with E-state index in [4.69, 9.17) is 14.2 Å². The lowest BCUT2D eigenvalue weighted by molar-refractivity contribution is 0.155. The summed E-state index contributed by atoms with van der Waals surface area (Å²) in [5.41, 5.74) is 1.04. The monoisotopic (exact) mass is 281 g/mol. The third-order valence-corrected chi connectivity index (χ3v) is 3.05. The molecular weight excluding hydrogens is 258 g/mol. The lowest BCUT2D eigenvalue weighted by Crippen LogP contribution is -2.22. The second-order valence-corrected chi connectivity index (χ2v) is 5.33. The molecule has 1 aromatic carbocycles. The van der Waals surface area contributed by atoms with Crippen LogP contribution in [0.15, 0.2) is 12.1 Å². The first-order valence-corrected chi connectivity index (χ1v) is 7.03. The van der Waals surface area contributed by atoms with Crippen LogP contribution in [0, 0.1) is 0 Å². The number of rotatable bonds is 7. The number of aliphatic hydroxyl groups excluding tert-OH is 1. The number of benzene rings is 1. The molecule has 0 radical (unpaired) electrons. The summed E-state index contributed by atoms with van der Waals surface area (Å²) in [5.74, 6) is 2.25. The Morgan fingerprint density at radius 1 is 1.25 bits per heavy atom. The Kier molecular flexibility index (Phi) is 5.09. The molecule has 0 aliphatic carbocycles. The van der Waals surface area contributed by atoms with Crippen molar-refractivity contribution in [2.24, 2.45) is 0 Å². The predicted octanol–water partition coefficient (Wildman–Crippen LogP) is 2.06. The molecule has 0 aromatic heterocycles. The molecule has 1 heterocycles. The maximum absolute atomic E-state index is 9.29. The first kappa shape index (κ1) is 14.9. The Morgan fingerprint density at radius 2 is 1.95 bits per heavy atom. The summed E-state index contributed by atoms with van der Waals surface area (Å²) < 4.78 is 16.5. The van der Waals surface area contributed by atoms with Crippen LogP contribution in [-0.4, -0.2) is 30.7 Å². The molecular formula is C15H23NO4. The number of nitrogens with one attached hydrogen (secondary N) is 1. The lowest BCUT2D eigenvalue weighted by atomic mass is 10.1. The molecule has 1 aliphatic heterocycles. The molecule has 1 aromatic rings. The van der Waals surface area contributed by atoms with E-state index in [1.54, 1.807) is 6.92 Å². The standard InChI is InChI=1S/C15H23NO4/c1-10(2)16-8-12-6-14-15(20-9-19-14)7-13(12)18-5-4-11(3)17/h6-7,10-11,16-17H,4-5,8-9H2,1-3H3. The van der Waals surface area contributed by atoms with Crippen LogP contribution < -0.4 is 19.5 Å². The zero-order chi connectivity index (χ0) is 14.5. The van der Waals surface area contributed by atoms with E-state index in [1.165, 1.54) is 0 Å². The van der Waals surface area contributed by atoms with Gasteiger partial charge in [0.1, 0.15) is 5.75 Å². The van der Waals surface area contributed by atoms with Crippen molar-refractivity contribution >= 4 is 0 Å². The number of hydrogen-bond acceptors (Lipinski definition) is 5. The van der Waals surface area contributed by atoms with Gasteiger partial charge < -0.3 is 24.6 Å². The van der Waals surface area contributed by atoms with Crippen molar-refractivity contribution in [3.05, 3.63) is 17.7 Å². The van der Waals surface area contributed by atoms with Gasteiger partial charge in [0.25, 0.3) is 0 Å². The normalized spacial score (nSPS) is 14.7. The summed E-state index contributed by atoms with van der Waals surface area (Å²) in [4.78, 5) is 0. The van der Waals surface area contributed by atoms with Gasteiger partial charge >= 0.3 is 0 Å². The van der Waals surface area contributed by atoms with E-state index in [0.29, 0.717) is 31.4 Å². The summed E-state index contributed by atoms with van der Waals surface area (Å²) in [6.07, 6.45) is 0.243. The van der Waals surface area contributed by atoms with E-state index in [0.717, 1.165) is 17.1 Å². The van der Waals surface area contributed by atoms with E-state index in [2.05, 4.69) is 19.2 Å². The highest BCUT2D eigenvalue weighted by atomic mass is 16.7. The maximum Gasteiger partial charge on any atom is 0.231 e. The van der Waals surface area contributed by atoms with E-state index >= 15 is 0 Å². The van der Waals surface area contributed by atoms with Gasteiger partial charge in [-0.3, -0.25) is 0 Å². The van der Waals surface area contributed by atoms with Crippen molar-refractivity contribution < 1.29 is 19.3 Å². The average molecular weight is 281 g/mol. The molecule has 0 saturated heterocycles. The molecule has 2 rings (SSSR count). The number of aliphatic hydroxyl groups is 1. The van der Waals surface area contributed by atoms with Crippen molar-refractivity contribution in [2.45, 2.75) is 45.9 Å². The highest BCUT2D eigenvalue weighted by Crippen LogP contribution is 2.38. The molecule has 0 spiro atoms. The van der Waals surface area contributed by atoms with Gasteiger partial charge in [-0.2, -0.15) is 0 Å². The third kappa shape index (κ3) is 4.02. The van der Waals surface area contributed by atoms with Gasteiger partial charge in [-0.1, -0.05) is 13.8 Å². The Balaban J connectivity index is 2.09. The summed E-state index contributed by atoms with van der Waals surface area (Å²) in [5, 5.41) is 12.7. The van der Waals surface area contributed by atoms with Gasteiger partial charge in [-0.15, -0.1) is 0 Å². The topological polar surface area (TPSA) is 60.0 Å². The first-order valence-electron chi connectivity index (χ1n) is 7.03. The molecule has 0 saturated carbocycles. The summed E-state index contributed by atoms with van der Waals surface area (Å²) in [7, 11) is 0. The smallest absolute Gasteiger partial charge is 0.231 e. The number of ether oxygens (including phenoxy) is 3. The molecule has 1 aliphatic rings. The average Bonchev–Trinajstić information content (AvgIpc) is 2.82. The summed E-state index contributed by atoms with van der Waals surface area (Å²) >= 11 is 0. The Bertz CT molecular complexity index is 446. The van der Waals surface area contributed by atoms with Crippen molar-refractivity contribution in [1.82, 2.24) is 5.32 Å². The van der Waals surface area contributed by atoms with E-state index in [9.17, 15) is 5.11 Å². The zero-order valence-corrected chi connectivity index (χ0v) is 12.3. The molecule has 1 atom stereocenters. The molecule has 112 valence electrons. The summed E-state index contributed by atoms with van der Waals surface area (Å²) in [6, 6.07) is 4.21. The molecule has 5 nitrogen and oxygen atoms in total. The number of fused-ring (bicyclic) bond motifs is 1. The fourth-order valence-electron chi connectivity index (χ4n) is 1.89. The minimum absolute atomic E-state index is 0.253. The van der Waals surface area contributed by atoms with Crippen LogP contribution >= 0.6 is 0 Å². The lowest BCUT2D eigenvalue weighted by Gasteiger charge is -2.15. The third-order valence-electron chi connectivity index (χ3n) is 3.05. The van der Waals surface area contributed by atoms with Gasteiger partial charge in [0.15, 0.2) is 11.5 Å². The Morgan fingerprint density at radius 3 is 2.60 bits per heavy atom. The van der Waals surface area contributed by atoms with Crippen LogP contribution in [0.2, 0.25) is 0 Å². The van der Waals surface area contributed by atoms with Crippen molar-refractivity contribution in [1.29, 1.82) is 0 Å². The van der Waals surface area contributed by atoms with Gasteiger partial charge in [0, 0.05) is 30.6 Å². The molecule has 20 heavy (non-hydrogen) atoms. The largest absolute Gasteiger partial charge is 0.493 e. The van der Waals surface area contributed by atoms with Crippen molar-refractivity contribution in [3.63, 3.8) is 0 Å². The van der Waals surface area contributed by atoms with Crippen LogP contribution in [-0.2, 0) is 6.54 Å². The molecule has 5 heteroatoms. The van der Waals surface area contributed by atoms with Crippen molar-refractivity contribution in [2.75, 3.05) is 13.4 Å². The number of hydrogen-bond donors (Lipinski definition) is 2. The second kappa shape index (κ2) is 6.81. The van der Waals surface area contributed by atoms with E-state index in [-0.39, 0.29) is 12.9 Å². The maximum atomic E-state index is 9.29. The highest BCUT2D eigenvalue weighted by molar-refractivity contribution is 5.51. The first-order chi connectivity index (χ1) is 9.56. The zero-order valence-electron chi connectivity index (χ0n) is 12.3. The molecule has 0 bridgehead atoms. The van der Waals surface area contributed by atoms with Crippen LogP contribution in [0.3, 0.4) is 0 Å². The molecule has 0 fully saturated rings. The second-order valence-electron chi connectivity index (χ2n) is 5.33. The fourth-order valence-corrected chi connectivity index (χ4v) is 1.89. The quantitative estimate of drug-likeness (QED) is 0.801. The van der Waals surface area contributed by atoms with Gasteiger partial charge in [0.05, 0.1) is 12.7 Å². The van der Waals surface area contributed by atoms with Gasteiger partial charge in [0.2, 0.25) is 6.79 Å². The SMILES string of the molecule is CC(O)CCOc1cc2c(cc1CNC(C)C)OCO2. The van der Waals surface area contributed by atoms with Crippen LogP contribution in [0.1, 0.15) is 32.8 Å². The van der Waals surface area contributed by atoms with Crippen LogP contribution in [0.5, 0.6) is 17.2 Å². The van der Waals surface area contributed by atoms with Gasteiger partial charge in [-0.05, 0) is 13.0 Å². The van der Waals surface area contributed by atoms with E-state index < -0.39 is 0 Å². The predicted molar refractivity (Wildman–Crippen MR) is 76.3 cm³/mol. The van der Waals surface area contributed by atoms with Crippen molar-refractivity contribution in [3.8, 4) is 17.2 Å². The van der Waals surface area contributed by atoms with E-state index in [1.807, 2.05) is 12.1 Å². The molecule has 0 amide bonds.